The molecule has 0 amide bonds. The Morgan fingerprint density at radius 2 is 1.78 bits per heavy atom. The lowest BCUT2D eigenvalue weighted by Gasteiger charge is -2.20. The van der Waals surface area contributed by atoms with E-state index in [-0.39, 0.29) is 5.56 Å². The van der Waals surface area contributed by atoms with Crippen molar-refractivity contribution in [2.75, 3.05) is 7.05 Å². The Hall–Kier alpha value is -1.33. The van der Waals surface area contributed by atoms with E-state index < -0.39 is 12.2 Å². The number of thiophene rings is 1. The van der Waals surface area contributed by atoms with E-state index in [1.165, 1.54) is 19.2 Å². The number of hydrogen-bond donors (Lipinski definition) is 1. The molecule has 2 aromatic rings. The lowest BCUT2D eigenvalue weighted by Crippen LogP contribution is -2.31. The zero-order chi connectivity index (χ0) is 13.2. The minimum Gasteiger partial charge on any atom is -0.306 e. The summed E-state index contributed by atoms with van der Waals surface area (Å²) in [6, 6.07) is 8.72. The van der Waals surface area contributed by atoms with E-state index in [4.69, 9.17) is 0 Å². The van der Waals surface area contributed by atoms with Crippen LogP contribution in [0, 0.1) is 0 Å². The Bertz CT molecular complexity index is 488. The zero-order valence-corrected chi connectivity index (χ0v) is 10.5. The summed E-state index contributed by atoms with van der Waals surface area (Å²) in [7, 11) is 1.31. The highest BCUT2D eigenvalue weighted by atomic mass is 32.1. The van der Waals surface area contributed by atoms with Crippen molar-refractivity contribution in [2.24, 2.45) is 0 Å². The second-order valence-corrected chi connectivity index (χ2v) is 4.81. The standard InChI is InChI=1S/C13H12F3NS/c1-17-12(13(14,15)16)10-6-4-9(5-7-10)11-3-2-8-18-11/h2-8,12,17H,1H3. The van der Waals surface area contributed by atoms with Crippen LogP contribution < -0.4 is 5.32 Å². The van der Waals surface area contributed by atoms with E-state index >= 15 is 0 Å². The fourth-order valence-electron chi connectivity index (χ4n) is 1.80. The molecule has 5 heteroatoms. The quantitative estimate of drug-likeness (QED) is 0.880. The highest BCUT2D eigenvalue weighted by Gasteiger charge is 2.39. The second kappa shape index (κ2) is 5.12. The lowest BCUT2D eigenvalue weighted by atomic mass is 10.0. The average molecular weight is 271 g/mol. The highest BCUT2D eigenvalue weighted by Crippen LogP contribution is 2.33. The Balaban J connectivity index is 2.27. The molecule has 1 aromatic carbocycles. The predicted octanol–water partition coefficient (Wildman–Crippen LogP) is 4.24. The van der Waals surface area contributed by atoms with E-state index in [1.807, 2.05) is 17.5 Å². The van der Waals surface area contributed by atoms with Crippen LogP contribution in [0.5, 0.6) is 0 Å². The molecule has 0 radical (unpaired) electrons. The summed E-state index contributed by atoms with van der Waals surface area (Å²) in [5.74, 6) is 0. The van der Waals surface area contributed by atoms with Gasteiger partial charge in [0.25, 0.3) is 0 Å². The minimum atomic E-state index is -4.28. The van der Waals surface area contributed by atoms with E-state index in [0.29, 0.717) is 0 Å². The van der Waals surface area contributed by atoms with Crippen molar-refractivity contribution in [3.05, 3.63) is 47.3 Å². The largest absolute Gasteiger partial charge is 0.407 e. The van der Waals surface area contributed by atoms with Crippen molar-refractivity contribution in [3.8, 4) is 10.4 Å². The third-order valence-electron chi connectivity index (χ3n) is 2.67. The van der Waals surface area contributed by atoms with Gasteiger partial charge in [0.1, 0.15) is 6.04 Å². The summed E-state index contributed by atoms with van der Waals surface area (Å²) < 4.78 is 38.2. The molecule has 0 aliphatic heterocycles. The topological polar surface area (TPSA) is 12.0 Å². The number of hydrogen-bond acceptors (Lipinski definition) is 2. The Morgan fingerprint density at radius 3 is 2.22 bits per heavy atom. The van der Waals surface area contributed by atoms with Crippen molar-refractivity contribution in [3.63, 3.8) is 0 Å². The van der Waals surface area contributed by atoms with Crippen LogP contribution in [0.1, 0.15) is 11.6 Å². The third-order valence-corrected chi connectivity index (χ3v) is 3.58. The van der Waals surface area contributed by atoms with Crippen molar-refractivity contribution < 1.29 is 13.2 Å². The first-order valence-corrected chi connectivity index (χ1v) is 6.28. The van der Waals surface area contributed by atoms with Gasteiger partial charge >= 0.3 is 6.18 Å². The predicted molar refractivity (Wildman–Crippen MR) is 67.6 cm³/mol. The van der Waals surface area contributed by atoms with Crippen LogP contribution in [0.3, 0.4) is 0 Å². The molecule has 1 N–H and O–H groups in total. The molecule has 0 saturated carbocycles. The van der Waals surface area contributed by atoms with Gasteiger partial charge in [-0.3, -0.25) is 0 Å². The van der Waals surface area contributed by atoms with Gasteiger partial charge in [-0.05, 0) is 29.6 Å². The monoisotopic (exact) mass is 271 g/mol. The van der Waals surface area contributed by atoms with Gasteiger partial charge in [-0.25, -0.2) is 0 Å². The summed E-state index contributed by atoms with van der Waals surface area (Å²) in [5, 5.41) is 4.23. The van der Waals surface area contributed by atoms with Crippen LogP contribution in [0.4, 0.5) is 13.2 Å². The molecule has 0 spiro atoms. The summed E-state index contributed by atoms with van der Waals surface area (Å²) in [5.41, 5.74) is 1.16. The fourth-order valence-corrected chi connectivity index (χ4v) is 2.54. The lowest BCUT2D eigenvalue weighted by molar-refractivity contribution is -0.156. The summed E-state index contributed by atoms with van der Waals surface area (Å²) in [6.07, 6.45) is -4.28. The molecule has 1 nitrogen and oxygen atoms in total. The first kappa shape index (κ1) is 13.1. The first-order valence-electron chi connectivity index (χ1n) is 5.40. The summed E-state index contributed by atoms with van der Waals surface area (Å²) in [6.45, 7) is 0. The molecule has 0 aliphatic carbocycles. The second-order valence-electron chi connectivity index (χ2n) is 3.86. The number of halogens is 3. The van der Waals surface area contributed by atoms with Gasteiger partial charge < -0.3 is 5.32 Å². The van der Waals surface area contributed by atoms with Gasteiger partial charge in [-0.1, -0.05) is 30.3 Å². The molecular weight excluding hydrogens is 259 g/mol. The SMILES string of the molecule is CNC(c1ccc(-c2cccs2)cc1)C(F)(F)F. The zero-order valence-electron chi connectivity index (χ0n) is 9.66. The smallest absolute Gasteiger partial charge is 0.306 e. The first-order chi connectivity index (χ1) is 8.52. The summed E-state index contributed by atoms with van der Waals surface area (Å²) in [4.78, 5) is 1.05. The van der Waals surface area contributed by atoms with Crippen molar-refractivity contribution >= 4 is 11.3 Å². The van der Waals surface area contributed by atoms with Crippen LogP contribution in [0.25, 0.3) is 10.4 Å². The van der Waals surface area contributed by atoms with Crippen LogP contribution in [0.2, 0.25) is 0 Å². The van der Waals surface area contributed by atoms with Crippen LogP contribution in [0.15, 0.2) is 41.8 Å². The number of benzene rings is 1. The van der Waals surface area contributed by atoms with Gasteiger partial charge in [0.2, 0.25) is 0 Å². The van der Waals surface area contributed by atoms with Gasteiger partial charge in [0.15, 0.2) is 0 Å². The number of alkyl halides is 3. The molecular formula is C13H12F3NS. The van der Waals surface area contributed by atoms with E-state index in [2.05, 4.69) is 5.32 Å². The Morgan fingerprint density at radius 1 is 1.11 bits per heavy atom. The van der Waals surface area contributed by atoms with E-state index in [0.717, 1.165) is 10.4 Å². The van der Waals surface area contributed by atoms with E-state index in [1.54, 1.807) is 23.5 Å². The van der Waals surface area contributed by atoms with Gasteiger partial charge in [-0.2, -0.15) is 13.2 Å². The molecule has 1 atom stereocenters. The normalized spacial score (nSPS) is 13.6. The van der Waals surface area contributed by atoms with Crippen LogP contribution >= 0.6 is 11.3 Å². The highest BCUT2D eigenvalue weighted by molar-refractivity contribution is 7.13. The maximum atomic E-state index is 12.7. The van der Waals surface area contributed by atoms with Gasteiger partial charge in [-0.15, -0.1) is 11.3 Å². The molecule has 96 valence electrons. The molecule has 0 saturated heterocycles. The Labute approximate surface area is 107 Å². The maximum Gasteiger partial charge on any atom is 0.407 e. The molecule has 18 heavy (non-hydrogen) atoms. The van der Waals surface area contributed by atoms with Gasteiger partial charge in [0, 0.05) is 4.88 Å². The Kier molecular flexibility index (Phi) is 3.73. The van der Waals surface area contributed by atoms with Crippen LogP contribution in [-0.4, -0.2) is 13.2 Å². The van der Waals surface area contributed by atoms with Gasteiger partial charge in [0.05, 0.1) is 0 Å². The maximum absolute atomic E-state index is 12.7. The average Bonchev–Trinajstić information content (AvgIpc) is 2.82. The van der Waals surface area contributed by atoms with Crippen molar-refractivity contribution in [2.45, 2.75) is 12.2 Å². The van der Waals surface area contributed by atoms with E-state index in [9.17, 15) is 13.2 Å². The molecule has 1 heterocycles. The van der Waals surface area contributed by atoms with Crippen molar-refractivity contribution in [1.29, 1.82) is 0 Å². The third kappa shape index (κ3) is 2.73. The number of rotatable bonds is 3. The van der Waals surface area contributed by atoms with Crippen molar-refractivity contribution in [1.82, 2.24) is 5.32 Å². The number of nitrogens with one attached hydrogen (secondary N) is 1. The molecule has 2 rings (SSSR count). The van der Waals surface area contributed by atoms with Crippen LogP contribution in [-0.2, 0) is 0 Å². The molecule has 1 unspecified atom stereocenters. The minimum absolute atomic E-state index is 0.227. The molecule has 1 aromatic heterocycles. The molecule has 0 aliphatic rings. The molecule has 0 bridgehead atoms. The summed E-state index contributed by atoms with van der Waals surface area (Å²) >= 11 is 1.56. The molecule has 0 fully saturated rings. The fraction of sp³-hybridized carbons (Fsp3) is 0.231.